The van der Waals surface area contributed by atoms with Gasteiger partial charge in [0.1, 0.15) is 12.4 Å². The van der Waals surface area contributed by atoms with E-state index >= 15 is 0 Å². The number of halogens is 1. The van der Waals surface area contributed by atoms with E-state index < -0.39 is 23.7 Å². The second-order valence-electron chi connectivity index (χ2n) is 18.8. The first-order valence-electron chi connectivity index (χ1n) is 26.5. The Morgan fingerprint density at radius 1 is 0.684 bits per heavy atom. The number of imide groups is 1. The van der Waals surface area contributed by atoms with Crippen LogP contribution in [0.15, 0.2) is 54.6 Å². The van der Waals surface area contributed by atoms with Gasteiger partial charge in [-0.15, -0.1) is 0 Å². The topological polar surface area (TPSA) is 230 Å². The Bertz CT molecular complexity index is 2670. The van der Waals surface area contributed by atoms with Gasteiger partial charge in [-0.2, -0.15) is 0 Å². The summed E-state index contributed by atoms with van der Waals surface area (Å²) in [4.78, 5) is 99.4. The first kappa shape index (κ1) is 58.0. The number of anilines is 3. The Morgan fingerprint density at radius 3 is 1.78 bits per heavy atom. The fourth-order valence-corrected chi connectivity index (χ4v) is 9.32. The van der Waals surface area contributed by atoms with Crippen LogP contribution in [0, 0.1) is 19.7 Å². The van der Waals surface area contributed by atoms with Crippen LogP contribution in [0.2, 0.25) is 0 Å². The molecule has 0 atom stereocenters. The summed E-state index contributed by atoms with van der Waals surface area (Å²) in [6, 6.07) is 14.4. The fourth-order valence-electron chi connectivity index (χ4n) is 9.32. The van der Waals surface area contributed by atoms with E-state index in [0.717, 1.165) is 48.0 Å². The molecular formula is C57H73FN8O10. The van der Waals surface area contributed by atoms with E-state index in [-0.39, 0.29) is 78.7 Å². The molecule has 3 aromatic carbocycles. The predicted octanol–water partition coefficient (Wildman–Crippen LogP) is 7.98. The highest BCUT2D eigenvalue weighted by atomic mass is 19.1. The van der Waals surface area contributed by atoms with Gasteiger partial charge in [0.05, 0.1) is 30.0 Å². The van der Waals surface area contributed by atoms with Gasteiger partial charge in [0.2, 0.25) is 23.6 Å². The molecule has 408 valence electrons. The lowest BCUT2D eigenvalue weighted by Gasteiger charge is -2.19. The van der Waals surface area contributed by atoms with Crippen LogP contribution in [0.4, 0.5) is 26.2 Å². The van der Waals surface area contributed by atoms with E-state index in [4.69, 9.17) is 14.2 Å². The lowest BCUT2D eigenvalue weighted by molar-refractivity contribution is -0.122. The molecule has 18 nitrogen and oxygen atoms in total. The number of aromatic amines is 1. The fraction of sp³-hybridized carbons (Fsp3) is 0.456. The summed E-state index contributed by atoms with van der Waals surface area (Å²) in [6.07, 6.45) is 3.40. The zero-order valence-corrected chi connectivity index (χ0v) is 44.6. The number of aromatic nitrogens is 1. The number of H-pyrrole nitrogens is 1. The maximum Gasteiger partial charge on any atom is 0.421 e. The number of amides is 7. The van der Waals surface area contributed by atoms with Crippen molar-refractivity contribution in [1.82, 2.24) is 25.8 Å². The van der Waals surface area contributed by atoms with Gasteiger partial charge >= 0.3 is 6.09 Å². The van der Waals surface area contributed by atoms with Crippen LogP contribution in [0.3, 0.4) is 0 Å². The first-order chi connectivity index (χ1) is 36.7. The summed E-state index contributed by atoms with van der Waals surface area (Å²) in [5, 5.41) is 14.4. The van der Waals surface area contributed by atoms with Crippen LogP contribution >= 0.6 is 0 Å². The van der Waals surface area contributed by atoms with E-state index in [9.17, 15) is 38.0 Å². The predicted molar refractivity (Wildman–Crippen MR) is 290 cm³/mol. The monoisotopic (exact) mass is 1050 g/mol. The zero-order chi connectivity index (χ0) is 54.7. The maximum absolute atomic E-state index is 15.0. The number of nitrogens with zero attached hydrogens (tertiary/aromatic N) is 2. The van der Waals surface area contributed by atoms with Crippen molar-refractivity contribution in [2.24, 2.45) is 0 Å². The van der Waals surface area contributed by atoms with Crippen LogP contribution in [0.5, 0.6) is 0 Å². The molecule has 19 heteroatoms. The van der Waals surface area contributed by atoms with Crippen LogP contribution in [-0.2, 0) is 38.2 Å². The molecule has 4 aromatic rings. The van der Waals surface area contributed by atoms with Gasteiger partial charge in [-0.1, -0.05) is 39.8 Å². The van der Waals surface area contributed by atoms with Crippen molar-refractivity contribution >= 4 is 70.2 Å². The number of likely N-dealkylation sites (N-methyl/N-ethyl adjacent to an activating group) is 1. The molecule has 0 radical (unpaired) electrons. The maximum atomic E-state index is 15.0. The number of fused-ring (bicyclic) bond motifs is 4. The van der Waals surface area contributed by atoms with Gasteiger partial charge in [-0.25, -0.2) is 14.1 Å². The van der Waals surface area contributed by atoms with E-state index in [1.807, 2.05) is 26.0 Å². The molecule has 6 N–H and O–H groups in total. The SMILES string of the molecule is CCCOCCNC(=O)CCCC(=O)Nc1ccc2c(c1)C(COC(=O)N1C(=O)/C(=C\c3[nH]c(C)c(C(=O)NCCN(CC)CC)c3C)c3cc(F)ccc31)c1cc(NC(=O)CCCC(=O)NCCOCCC)ccc1-2. The van der Waals surface area contributed by atoms with E-state index in [0.29, 0.717) is 110 Å². The minimum Gasteiger partial charge on any atom is -0.448 e. The molecule has 6 rings (SSSR count). The van der Waals surface area contributed by atoms with Crippen LogP contribution in [0.1, 0.15) is 129 Å². The normalized spacial score (nSPS) is 13.1. The summed E-state index contributed by atoms with van der Waals surface area (Å²) >= 11 is 0. The lowest BCUT2D eigenvalue weighted by Crippen LogP contribution is -2.35. The number of carbonyl (C=O) groups excluding carboxylic acids is 7. The molecule has 0 saturated heterocycles. The molecule has 1 aromatic heterocycles. The minimum absolute atomic E-state index is 0.0110. The van der Waals surface area contributed by atoms with Crippen molar-refractivity contribution in [3.63, 3.8) is 0 Å². The standard InChI is InChI=1S/C57H73FN8O10/c1-7-27-74-29-24-59-50(67)13-11-15-52(69)63-39-18-20-41-42-21-19-40(64-53(70)16-12-14-51(68)60-25-30-75-28-8-2)33-44(42)47(43(41)32-39)35-76-57(73)66-49-22-17-38(58)31-45(49)46(56(66)72)34-48-36(5)54(37(6)62-48)55(71)61-23-26-65(9-3)10-4/h17-22,31-34,47,62H,7-16,23-30,35H2,1-6H3,(H,59,67)(H,60,68)(H,61,71)(H,63,69)(H,64,70)/b46-34-. The van der Waals surface area contributed by atoms with Crippen molar-refractivity contribution in [1.29, 1.82) is 0 Å². The number of nitrogens with one attached hydrogen (secondary N) is 6. The number of aryl methyl sites for hydroxylation is 1. The van der Waals surface area contributed by atoms with Gasteiger partial charge in [-0.3, -0.25) is 28.8 Å². The first-order valence-corrected chi connectivity index (χ1v) is 26.5. The van der Waals surface area contributed by atoms with Gasteiger partial charge < -0.3 is 50.7 Å². The highest BCUT2D eigenvalue weighted by Gasteiger charge is 2.40. The van der Waals surface area contributed by atoms with Crippen molar-refractivity contribution in [2.45, 2.75) is 98.8 Å². The molecule has 2 aliphatic rings. The number of ether oxygens (including phenoxy) is 3. The summed E-state index contributed by atoms with van der Waals surface area (Å²) in [5.74, 6) is -3.29. The largest absolute Gasteiger partial charge is 0.448 e. The Morgan fingerprint density at radius 2 is 1.24 bits per heavy atom. The van der Waals surface area contributed by atoms with Crippen molar-refractivity contribution in [3.05, 3.63) is 99.6 Å². The summed E-state index contributed by atoms with van der Waals surface area (Å²) in [7, 11) is 0. The Balaban J connectivity index is 1.19. The minimum atomic E-state index is -1.02. The molecule has 7 amide bonds. The van der Waals surface area contributed by atoms with Crippen molar-refractivity contribution in [2.75, 3.05) is 87.8 Å². The molecule has 1 aliphatic heterocycles. The van der Waals surface area contributed by atoms with E-state index in [1.54, 1.807) is 38.1 Å². The zero-order valence-electron chi connectivity index (χ0n) is 44.6. The van der Waals surface area contributed by atoms with Crippen LogP contribution < -0.4 is 31.5 Å². The second kappa shape index (κ2) is 28.6. The van der Waals surface area contributed by atoms with Crippen LogP contribution in [-0.4, -0.2) is 124 Å². The molecule has 0 saturated carbocycles. The molecule has 0 spiro atoms. The van der Waals surface area contributed by atoms with Gasteiger partial charge in [0.25, 0.3) is 11.8 Å². The van der Waals surface area contributed by atoms with Crippen molar-refractivity contribution in [3.8, 4) is 11.1 Å². The number of benzene rings is 3. The molecular weight excluding hydrogens is 976 g/mol. The Labute approximate surface area is 444 Å². The highest BCUT2D eigenvalue weighted by molar-refractivity contribution is 6.41. The number of rotatable bonds is 29. The van der Waals surface area contributed by atoms with E-state index in [1.165, 1.54) is 18.2 Å². The average Bonchev–Trinajstić information content (AvgIpc) is 4.02. The number of hydrogen-bond donors (Lipinski definition) is 6. The molecule has 2 heterocycles. The Hall–Kier alpha value is -7.22. The smallest absolute Gasteiger partial charge is 0.421 e. The quantitative estimate of drug-likeness (QED) is 0.0226. The second-order valence-corrected chi connectivity index (χ2v) is 18.8. The molecule has 0 unspecified atom stereocenters. The molecule has 1 aliphatic carbocycles. The third-order valence-electron chi connectivity index (χ3n) is 13.2. The van der Waals surface area contributed by atoms with Gasteiger partial charge in [0.15, 0.2) is 0 Å². The molecule has 0 bridgehead atoms. The molecule has 0 fully saturated rings. The summed E-state index contributed by atoms with van der Waals surface area (Å²) in [6.45, 7) is 17.0. The third kappa shape index (κ3) is 15.4. The summed E-state index contributed by atoms with van der Waals surface area (Å²) < 4.78 is 31.8. The molecule has 76 heavy (non-hydrogen) atoms. The number of hydrogen-bond acceptors (Lipinski definition) is 11. The van der Waals surface area contributed by atoms with Crippen molar-refractivity contribution < 1.29 is 52.2 Å². The summed E-state index contributed by atoms with van der Waals surface area (Å²) in [5.41, 5.74) is 6.17. The number of carbonyl (C=O) groups is 7. The van der Waals surface area contributed by atoms with Crippen LogP contribution in [0.25, 0.3) is 22.8 Å². The van der Waals surface area contributed by atoms with Gasteiger partial charge in [-0.05, 0) is 129 Å². The lowest BCUT2D eigenvalue weighted by atomic mass is 9.97. The van der Waals surface area contributed by atoms with E-state index in [2.05, 4.69) is 50.3 Å². The average molecular weight is 1050 g/mol. The highest BCUT2D eigenvalue weighted by Crippen LogP contribution is 2.47. The Kier molecular flexibility index (Phi) is 21.9. The van der Waals surface area contributed by atoms with Gasteiger partial charge in [0, 0.05) is 99.3 Å². The third-order valence-corrected chi connectivity index (χ3v) is 13.2.